The molecule has 17 heavy (non-hydrogen) atoms. The summed E-state index contributed by atoms with van der Waals surface area (Å²) in [4.78, 5) is 2.06. The molecule has 1 rings (SSSR count). The number of hydrogen-bond donors (Lipinski definition) is 0. The van der Waals surface area contributed by atoms with Gasteiger partial charge in [0, 0.05) is 19.7 Å². The predicted molar refractivity (Wildman–Crippen MR) is 77.2 cm³/mol. The quantitative estimate of drug-likeness (QED) is 0.594. The second-order valence-corrected chi connectivity index (χ2v) is 9.83. The normalized spacial score (nSPS) is 13.1. The second kappa shape index (κ2) is 5.41. The standard InChI is InChI=1S/C14H23NOSi/c1-12(13-10-8-7-9-11-13)14(15(2)3)16-17(4,5)6/h7-11H,1-6H3/b14-12-. The third kappa shape index (κ3) is 4.27. The lowest BCUT2D eigenvalue weighted by molar-refractivity contribution is 0.279. The van der Waals surface area contributed by atoms with Crippen LogP contribution in [0.15, 0.2) is 36.2 Å². The fourth-order valence-electron chi connectivity index (χ4n) is 1.60. The number of benzene rings is 1. The summed E-state index contributed by atoms with van der Waals surface area (Å²) in [6, 6.07) is 10.4. The van der Waals surface area contributed by atoms with Gasteiger partial charge in [-0.15, -0.1) is 0 Å². The van der Waals surface area contributed by atoms with Gasteiger partial charge in [-0.25, -0.2) is 0 Å². The molecule has 0 unspecified atom stereocenters. The number of allylic oxidation sites excluding steroid dienone is 1. The molecule has 0 spiro atoms. The molecule has 1 aromatic carbocycles. The predicted octanol–water partition coefficient (Wildman–Crippen LogP) is 3.79. The Labute approximate surface area is 106 Å². The molecule has 0 aliphatic carbocycles. The molecule has 0 fully saturated rings. The average molecular weight is 249 g/mol. The molecule has 1 aromatic rings. The van der Waals surface area contributed by atoms with Crippen molar-refractivity contribution < 1.29 is 4.43 Å². The first kappa shape index (κ1) is 13.8. The summed E-state index contributed by atoms with van der Waals surface area (Å²) in [6.45, 7) is 8.73. The van der Waals surface area contributed by atoms with Gasteiger partial charge in [-0.05, 0) is 32.1 Å². The largest absolute Gasteiger partial charge is 0.533 e. The number of hydrogen-bond acceptors (Lipinski definition) is 2. The molecule has 94 valence electrons. The Hall–Kier alpha value is -1.22. The third-order valence-electron chi connectivity index (χ3n) is 2.34. The zero-order valence-electron chi connectivity index (χ0n) is 11.7. The zero-order chi connectivity index (χ0) is 13.1. The van der Waals surface area contributed by atoms with Crippen molar-refractivity contribution in [2.75, 3.05) is 14.1 Å². The van der Waals surface area contributed by atoms with Crippen molar-refractivity contribution >= 4 is 13.9 Å². The van der Waals surface area contributed by atoms with Crippen LogP contribution in [0.3, 0.4) is 0 Å². The van der Waals surface area contributed by atoms with Crippen molar-refractivity contribution in [3.8, 4) is 0 Å². The Balaban J connectivity index is 3.12. The van der Waals surface area contributed by atoms with Gasteiger partial charge in [0.2, 0.25) is 8.32 Å². The Morgan fingerprint density at radius 2 is 1.59 bits per heavy atom. The summed E-state index contributed by atoms with van der Waals surface area (Å²) >= 11 is 0. The minimum Gasteiger partial charge on any atom is -0.533 e. The fraction of sp³-hybridized carbons (Fsp3) is 0.429. The lowest BCUT2D eigenvalue weighted by atomic mass is 10.1. The van der Waals surface area contributed by atoms with Gasteiger partial charge in [0.05, 0.1) is 0 Å². The molecule has 0 aromatic heterocycles. The van der Waals surface area contributed by atoms with Gasteiger partial charge in [0.15, 0.2) is 5.88 Å². The Kier molecular flexibility index (Phi) is 4.40. The summed E-state index contributed by atoms with van der Waals surface area (Å²) < 4.78 is 6.16. The second-order valence-electron chi connectivity index (χ2n) is 5.41. The first-order valence-electron chi connectivity index (χ1n) is 5.94. The maximum absolute atomic E-state index is 6.16. The van der Waals surface area contributed by atoms with E-state index in [1.54, 1.807) is 0 Å². The summed E-state index contributed by atoms with van der Waals surface area (Å²) in [7, 11) is 2.48. The van der Waals surface area contributed by atoms with Crippen molar-refractivity contribution in [2.45, 2.75) is 26.6 Å². The van der Waals surface area contributed by atoms with E-state index in [0.717, 1.165) is 5.88 Å². The Morgan fingerprint density at radius 3 is 2.00 bits per heavy atom. The van der Waals surface area contributed by atoms with Crippen LogP contribution in [0.5, 0.6) is 0 Å². The summed E-state index contributed by atoms with van der Waals surface area (Å²) in [5, 5.41) is 0. The van der Waals surface area contributed by atoms with E-state index >= 15 is 0 Å². The van der Waals surface area contributed by atoms with Crippen LogP contribution in [0.4, 0.5) is 0 Å². The molecule has 0 saturated heterocycles. The van der Waals surface area contributed by atoms with Crippen LogP contribution >= 0.6 is 0 Å². The van der Waals surface area contributed by atoms with Crippen molar-refractivity contribution in [1.29, 1.82) is 0 Å². The van der Waals surface area contributed by atoms with E-state index in [-0.39, 0.29) is 0 Å². The SMILES string of the molecule is C/C(=C(/O[Si](C)(C)C)N(C)C)c1ccccc1. The van der Waals surface area contributed by atoms with Gasteiger partial charge in [0.1, 0.15) is 0 Å². The van der Waals surface area contributed by atoms with E-state index in [2.05, 4.69) is 55.7 Å². The molecule has 0 radical (unpaired) electrons. The van der Waals surface area contributed by atoms with E-state index in [4.69, 9.17) is 4.43 Å². The number of nitrogens with zero attached hydrogens (tertiary/aromatic N) is 1. The van der Waals surface area contributed by atoms with Gasteiger partial charge < -0.3 is 9.33 Å². The van der Waals surface area contributed by atoms with Crippen molar-refractivity contribution in [2.24, 2.45) is 0 Å². The molecule has 0 bridgehead atoms. The van der Waals surface area contributed by atoms with Crippen LogP contribution < -0.4 is 0 Å². The highest BCUT2D eigenvalue weighted by molar-refractivity contribution is 6.70. The smallest absolute Gasteiger partial charge is 0.244 e. The molecular formula is C14H23NOSi. The summed E-state index contributed by atoms with van der Waals surface area (Å²) in [5.74, 6) is 0.982. The van der Waals surface area contributed by atoms with Crippen molar-refractivity contribution in [3.63, 3.8) is 0 Å². The molecule has 0 heterocycles. The minimum absolute atomic E-state index is 0.982. The van der Waals surface area contributed by atoms with Crippen LogP contribution in [-0.2, 0) is 4.43 Å². The topological polar surface area (TPSA) is 12.5 Å². The Morgan fingerprint density at radius 1 is 1.06 bits per heavy atom. The maximum Gasteiger partial charge on any atom is 0.244 e. The highest BCUT2D eigenvalue weighted by atomic mass is 28.4. The van der Waals surface area contributed by atoms with E-state index in [9.17, 15) is 0 Å². The lowest BCUT2D eigenvalue weighted by Crippen LogP contribution is -2.30. The minimum atomic E-state index is -1.58. The lowest BCUT2D eigenvalue weighted by Gasteiger charge is -2.28. The molecule has 0 atom stereocenters. The van der Waals surface area contributed by atoms with Gasteiger partial charge in [0.25, 0.3) is 0 Å². The molecule has 2 nitrogen and oxygen atoms in total. The zero-order valence-corrected chi connectivity index (χ0v) is 12.7. The van der Waals surface area contributed by atoms with Crippen molar-refractivity contribution in [1.82, 2.24) is 4.90 Å². The van der Waals surface area contributed by atoms with E-state index in [1.165, 1.54) is 11.1 Å². The monoisotopic (exact) mass is 249 g/mol. The molecular weight excluding hydrogens is 226 g/mol. The molecule has 0 N–H and O–H groups in total. The van der Waals surface area contributed by atoms with Crippen LogP contribution in [0, 0.1) is 0 Å². The van der Waals surface area contributed by atoms with E-state index in [1.807, 2.05) is 20.2 Å². The van der Waals surface area contributed by atoms with E-state index < -0.39 is 8.32 Å². The van der Waals surface area contributed by atoms with Crippen LogP contribution in [0.2, 0.25) is 19.6 Å². The molecule has 0 saturated carbocycles. The van der Waals surface area contributed by atoms with E-state index in [0.29, 0.717) is 0 Å². The third-order valence-corrected chi connectivity index (χ3v) is 3.14. The molecule has 0 amide bonds. The summed E-state index contributed by atoms with van der Waals surface area (Å²) in [5.41, 5.74) is 2.41. The van der Waals surface area contributed by atoms with Crippen LogP contribution in [-0.4, -0.2) is 27.3 Å². The first-order chi connectivity index (χ1) is 7.81. The molecule has 3 heteroatoms. The fourth-order valence-corrected chi connectivity index (χ4v) is 2.52. The average Bonchev–Trinajstić information content (AvgIpc) is 2.25. The summed E-state index contributed by atoms with van der Waals surface area (Å²) in [6.07, 6.45) is 0. The Bertz CT molecular complexity index is 390. The number of rotatable bonds is 4. The highest BCUT2D eigenvalue weighted by Gasteiger charge is 2.20. The maximum atomic E-state index is 6.16. The van der Waals surface area contributed by atoms with Crippen molar-refractivity contribution in [3.05, 3.63) is 41.8 Å². The first-order valence-corrected chi connectivity index (χ1v) is 9.35. The van der Waals surface area contributed by atoms with Crippen LogP contribution in [0.25, 0.3) is 5.57 Å². The highest BCUT2D eigenvalue weighted by Crippen LogP contribution is 2.23. The molecule has 0 aliphatic rings. The molecule has 0 aliphatic heterocycles. The van der Waals surface area contributed by atoms with Gasteiger partial charge in [-0.1, -0.05) is 30.3 Å². The van der Waals surface area contributed by atoms with Gasteiger partial charge in [-0.2, -0.15) is 0 Å². The van der Waals surface area contributed by atoms with Crippen LogP contribution in [0.1, 0.15) is 12.5 Å². The van der Waals surface area contributed by atoms with Gasteiger partial charge in [-0.3, -0.25) is 0 Å². The van der Waals surface area contributed by atoms with Gasteiger partial charge >= 0.3 is 0 Å².